The molecule has 3 nitrogen and oxygen atoms in total. The van der Waals surface area contributed by atoms with E-state index in [0.29, 0.717) is 11.6 Å². The lowest BCUT2D eigenvalue weighted by molar-refractivity contribution is 0.404. The molecule has 1 aromatic rings. The monoisotopic (exact) mass is 206 g/mol. The molecule has 0 fully saturated rings. The molecule has 15 heavy (non-hydrogen) atoms. The van der Waals surface area contributed by atoms with Gasteiger partial charge in [-0.3, -0.25) is 0 Å². The molecule has 0 amide bonds. The number of rotatable bonds is 3. The Labute approximate surface area is 90.8 Å². The van der Waals surface area contributed by atoms with Crippen molar-refractivity contribution in [2.45, 2.75) is 26.7 Å². The number of benzene rings is 1. The number of nitrogens with one attached hydrogen (secondary N) is 1. The molecule has 0 bridgehead atoms. The van der Waals surface area contributed by atoms with Crippen molar-refractivity contribution in [1.82, 2.24) is 0 Å². The van der Waals surface area contributed by atoms with Gasteiger partial charge in [0.05, 0.1) is 7.11 Å². The average molecular weight is 206 g/mol. The Morgan fingerprint density at radius 1 is 1.47 bits per heavy atom. The Balaban J connectivity index is 3.51. The van der Waals surface area contributed by atoms with Crippen molar-refractivity contribution < 1.29 is 4.74 Å². The standard InChI is InChI=1S/C12H18N2O/c1-7(2)10-5-9(6-13)11(14)8(3)12(10)15-4/h5-7,13H,14H2,1-4H3. The SMILES string of the molecule is COc1c(C(C)C)cc(C=N)c(N)c1C. The Hall–Kier alpha value is -1.51. The van der Waals surface area contributed by atoms with Crippen LogP contribution in [0.2, 0.25) is 0 Å². The summed E-state index contributed by atoms with van der Waals surface area (Å²) >= 11 is 0. The van der Waals surface area contributed by atoms with Crippen molar-refractivity contribution in [3.05, 3.63) is 22.8 Å². The van der Waals surface area contributed by atoms with Crippen molar-refractivity contribution in [3.8, 4) is 5.75 Å². The first-order valence-electron chi connectivity index (χ1n) is 5.00. The summed E-state index contributed by atoms with van der Waals surface area (Å²) < 4.78 is 5.36. The highest BCUT2D eigenvalue weighted by atomic mass is 16.5. The van der Waals surface area contributed by atoms with Crippen LogP contribution in [0.5, 0.6) is 5.75 Å². The largest absolute Gasteiger partial charge is 0.496 e. The number of nitrogen functional groups attached to an aromatic ring is 1. The number of anilines is 1. The van der Waals surface area contributed by atoms with E-state index in [1.54, 1.807) is 7.11 Å². The number of hydrogen-bond acceptors (Lipinski definition) is 3. The van der Waals surface area contributed by atoms with Gasteiger partial charge >= 0.3 is 0 Å². The molecule has 0 saturated heterocycles. The Bertz CT molecular complexity index is 384. The minimum absolute atomic E-state index is 0.359. The van der Waals surface area contributed by atoms with Crippen LogP contribution < -0.4 is 10.5 Å². The summed E-state index contributed by atoms with van der Waals surface area (Å²) in [5.74, 6) is 1.20. The summed E-state index contributed by atoms with van der Waals surface area (Å²) in [5.41, 5.74) is 9.32. The van der Waals surface area contributed by atoms with Gasteiger partial charge in [-0.25, -0.2) is 0 Å². The van der Waals surface area contributed by atoms with E-state index >= 15 is 0 Å². The van der Waals surface area contributed by atoms with E-state index in [1.807, 2.05) is 13.0 Å². The van der Waals surface area contributed by atoms with Crippen molar-refractivity contribution in [1.29, 1.82) is 5.41 Å². The molecule has 3 N–H and O–H groups in total. The van der Waals surface area contributed by atoms with E-state index < -0.39 is 0 Å². The molecular weight excluding hydrogens is 188 g/mol. The zero-order valence-electron chi connectivity index (χ0n) is 9.72. The second kappa shape index (κ2) is 4.34. The highest BCUT2D eigenvalue weighted by molar-refractivity contribution is 5.87. The highest BCUT2D eigenvalue weighted by Gasteiger charge is 2.14. The van der Waals surface area contributed by atoms with Crippen LogP contribution in [0.1, 0.15) is 36.5 Å². The fourth-order valence-corrected chi connectivity index (χ4v) is 1.69. The summed E-state index contributed by atoms with van der Waals surface area (Å²) in [6, 6.07) is 1.93. The molecule has 0 aliphatic carbocycles. The van der Waals surface area contributed by atoms with Gasteiger partial charge in [-0.1, -0.05) is 13.8 Å². The molecular formula is C12H18N2O. The van der Waals surface area contributed by atoms with E-state index in [4.69, 9.17) is 15.9 Å². The van der Waals surface area contributed by atoms with Crippen LogP contribution in [0, 0.1) is 12.3 Å². The predicted octanol–water partition coefficient (Wildman–Crippen LogP) is 2.71. The van der Waals surface area contributed by atoms with E-state index in [2.05, 4.69) is 13.8 Å². The van der Waals surface area contributed by atoms with Gasteiger partial charge in [0, 0.05) is 23.0 Å². The van der Waals surface area contributed by atoms with Gasteiger partial charge in [-0.05, 0) is 24.5 Å². The van der Waals surface area contributed by atoms with Gasteiger partial charge in [-0.2, -0.15) is 0 Å². The lowest BCUT2D eigenvalue weighted by Crippen LogP contribution is -2.04. The van der Waals surface area contributed by atoms with Crippen LogP contribution in [0.4, 0.5) is 5.69 Å². The number of hydrogen-bond donors (Lipinski definition) is 2. The van der Waals surface area contributed by atoms with Crippen LogP contribution in [0.3, 0.4) is 0 Å². The zero-order chi connectivity index (χ0) is 11.6. The maximum Gasteiger partial charge on any atom is 0.127 e. The van der Waals surface area contributed by atoms with Crippen molar-refractivity contribution >= 4 is 11.9 Å². The normalized spacial score (nSPS) is 10.5. The third-order valence-electron chi connectivity index (χ3n) is 2.61. The Morgan fingerprint density at radius 3 is 2.47 bits per heavy atom. The third kappa shape index (κ3) is 1.96. The van der Waals surface area contributed by atoms with Gasteiger partial charge in [0.1, 0.15) is 5.75 Å². The molecule has 1 aromatic carbocycles. The molecule has 0 aliphatic heterocycles. The smallest absolute Gasteiger partial charge is 0.127 e. The van der Waals surface area contributed by atoms with Crippen molar-refractivity contribution in [3.63, 3.8) is 0 Å². The summed E-state index contributed by atoms with van der Waals surface area (Å²) in [7, 11) is 1.65. The molecule has 3 heteroatoms. The molecule has 0 heterocycles. The second-order valence-corrected chi connectivity index (χ2v) is 3.93. The van der Waals surface area contributed by atoms with Gasteiger partial charge in [0.15, 0.2) is 0 Å². The first-order valence-corrected chi connectivity index (χ1v) is 5.00. The fraction of sp³-hybridized carbons (Fsp3) is 0.417. The first-order chi connectivity index (χ1) is 7.02. The summed E-state index contributed by atoms with van der Waals surface area (Å²) in [6.45, 7) is 6.12. The second-order valence-electron chi connectivity index (χ2n) is 3.93. The van der Waals surface area contributed by atoms with Gasteiger partial charge in [0.25, 0.3) is 0 Å². The molecule has 0 unspecified atom stereocenters. The molecule has 1 rings (SSSR count). The van der Waals surface area contributed by atoms with E-state index in [0.717, 1.165) is 22.4 Å². The van der Waals surface area contributed by atoms with E-state index in [1.165, 1.54) is 6.21 Å². The third-order valence-corrected chi connectivity index (χ3v) is 2.61. The molecule has 0 radical (unpaired) electrons. The molecule has 0 aromatic heterocycles. The average Bonchev–Trinajstić information content (AvgIpc) is 2.21. The molecule has 0 spiro atoms. The zero-order valence-corrected chi connectivity index (χ0v) is 9.72. The first kappa shape index (κ1) is 11.6. The van der Waals surface area contributed by atoms with Crippen molar-refractivity contribution in [2.75, 3.05) is 12.8 Å². The van der Waals surface area contributed by atoms with Crippen LogP contribution in [0.25, 0.3) is 0 Å². The molecule has 0 atom stereocenters. The van der Waals surface area contributed by atoms with Gasteiger partial charge in [-0.15, -0.1) is 0 Å². The van der Waals surface area contributed by atoms with Gasteiger partial charge in [0.2, 0.25) is 0 Å². The van der Waals surface area contributed by atoms with Crippen LogP contribution in [-0.2, 0) is 0 Å². The van der Waals surface area contributed by atoms with Crippen LogP contribution in [-0.4, -0.2) is 13.3 Å². The molecule has 82 valence electrons. The minimum atomic E-state index is 0.359. The Kier molecular flexibility index (Phi) is 3.35. The molecule has 0 saturated carbocycles. The maximum atomic E-state index is 7.30. The summed E-state index contributed by atoms with van der Waals surface area (Å²) in [6.07, 6.45) is 1.29. The van der Waals surface area contributed by atoms with Gasteiger partial charge < -0.3 is 15.9 Å². The summed E-state index contributed by atoms with van der Waals surface area (Å²) in [4.78, 5) is 0. The topological polar surface area (TPSA) is 59.1 Å². The molecule has 0 aliphatic rings. The maximum absolute atomic E-state index is 7.30. The number of nitrogens with two attached hydrogens (primary N) is 1. The quantitative estimate of drug-likeness (QED) is 0.590. The van der Waals surface area contributed by atoms with E-state index in [-0.39, 0.29) is 0 Å². The van der Waals surface area contributed by atoms with Crippen molar-refractivity contribution in [2.24, 2.45) is 0 Å². The minimum Gasteiger partial charge on any atom is -0.496 e. The lowest BCUT2D eigenvalue weighted by atomic mass is 9.95. The number of ether oxygens (including phenoxy) is 1. The van der Waals surface area contributed by atoms with E-state index in [9.17, 15) is 0 Å². The predicted molar refractivity (Wildman–Crippen MR) is 64.1 cm³/mol. The highest BCUT2D eigenvalue weighted by Crippen LogP contribution is 2.34. The van der Waals surface area contributed by atoms with Crippen LogP contribution in [0.15, 0.2) is 6.07 Å². The number of methoxy groups -OCH3 is 1. The summed E-state index contributed by atoms with van der Waals surface area (Å²) in [5, 5.41) is 7.30. The lowest BCUT2D eigenvalue weighted by Gasteiger charge is -2.17. The van der Waals surface area contributed by atoms with Crippen LogP contribution >= 0.6 is 0 Å². The Morgan fingerprint density at radius 2 is 2.07 bits per heavy atom. The fourth-order valence-electron chi connectivity index (χ4n) is 1.69.